The second kappa shape index (κ2) is 10.2. The minimum Gasteiger partial charge on any atom is -0.346 e. The maximum atomic E-state index is 12.8. The van der Waals surface area contributed by atoms with Crippen molar-refractivity contribution in [3.8, 4) is 0 Å². The molecule has 0 aliphatic rings. The lowest BCUT2D eigenvalue weighted by Crippen LogP contribution is -2.29. The number of amides is 1. The SMILES string of the molecule is Cc1ccc(N(Cc2ccc(C(=O)NC(C)c3ccc(C(C)(C)C)cc3)cc2)S(C)(=O)=O)cc1C. The van der Waals surface area contributed by atoms with Gasteiger partial charge in [0.15, 0.2) is 0 Å². The van der Waals surface area contributed by atoms with Crippen LogP contribution in [0.1, 0.15) is 71.9 Å². The average Bonchev–Trinajstić information content (AvgIpc) is 2.78. The largest absolute Gasteiger partial charge is 0.346 e. The van der Waals surface area contributed by atoms with Gasteiger partial charge in [-0.05, 0) is 78.3 Å². The highest BCUT2D eigenvalue weighted by atomic mass is 32.2. The molecule has 0 aliphatic heterocycles. The summed E-state index contributed by atoms with van der Waals surface area (Å²) in [7, 11) is -3.48. The van der Waals surface area contributed by atoms with Gasteiger partial charge in [0.25, 0.3) is 5.91 Å². The molecule has 186 valence electrons. The van der Waals surface area contributed by atoms with Crippen molar-refractivity contribution >= 4 is 21.6 Å². The standard InChI is InChI=1S/C29H36N2O3S/c1-20-8-17-27(18-21(20)2)31(35(7,33)34)19-23-9-11-25(12-10-23)28(32)30-22(3)24-13-15-26(16-14-24)29(4,5)6/h8-18,22H,19H2,1-7H3,(H,30,32). The third-order valence-corrected chi connectivity index (χ3v) is 7.49. The molecule has 1 N–H and O–H groups in total. The molecule has 0 saturated carbocycles. The summed E-state index contributed by atoms with van der Waals surface area (Å²) in [4.78, 5) is 12.8. The Labute approximate surface area is 210 Å². The van der Waals surface area contributed by atoms with Crippen molar-refractivity contribution in [3.05, 3.63) is 100 Å². The van der Waals surface area contributed by atoms with Gasteiger partial charge in [-0.25, -0.2) is 8.42 Å². The normalized spacial score (nSPS) is 12.8. The predicted molar refractivity (Wildman–Crippen MR) is 144 cm³/mol. The number of benzene rings is 3. The van der Waals surface area contributed by atoms with Crippen molar-refractivity contribution in [2.24, 2.45) is 0 Å². The molecule has 0 spiro atoms. The van der Waals surface area contributed by atoms with Gasteiger partial charge in [0, 0.05) is 5.56 Å². The molecule has 1 atom stereocenters. The fraction of sp³-hybridized carbons (Fsp3) is 0.345. The maximum absolute atomic E-state index is 12.8. The number of anilines is 1. The third kappa shape index (κ3) is 6.73. The average molecular weight is 493 g/mol. The first-order valence-corrected chi connectivity index (χ1v) is 13.7. The highest BCUT2D eigenvalue weighted by Gasteiger charge is 2.19. The van der Waals surface area contributed by atoms with Gasteiger partial charge in [-0.15, -0.1) is 0 Å². The van der Waals surface area contributed by atoms with E-state index in [9.17, 15) is 13.2 Å². The van der Waals surface area contributed by atoms with Gasteiger partial charge < -0.3 is 5.32 Å². The van der Waals surface area contributed by atoms with Gasteiger partial charge in [0.2, 0.25) is 10.0 Å². The zero-order valence-corrected chi connectivity index (χ0v) is 22.5. The number of nitrogens with one attached hydrogen (secondary N) is 1. The van der Waals surface area contributed by atoms with Crippen molar-refractivity contribution in [2.75, 3.05) is 10.6 Å². The van der Waals surface area contributed by atoms with Crippen LogP contribution in [0.2, 0.25) is 0 Å². The molecular weight excluding hydrogens is 456 g/mol. The Kier molecular flexibility index (Phi) is 7.75. The summed E-state index contributed by atoms with van der Waals surface area (Å²) in [5.74, 6) is -0.168. The lowest BCUT2D eigenvalue weighted by Gasteiger charge is -2.23. The lowest BCUT2D eigenvalue weighted by molar-refractivity contribution is 0.0940. The summed E-state index contributed by atoms with van der Waals surface area (Å²) in [6.45, 7) is 12.6. The van der Waals surface area contributed by atoms with Crippen LogP contribution in [-0.4, -0.2) is 20.6 Å². The zero-order valence-electron chi connectivity index (χ0n) is 21.7. The number of carbonyl (C=O) groups excluding carboxylic acids is 1. The fourth-order valence-corrected chi connectivity index (χ4v) is 4.72. The van der Waals surface area contributed by atoms with Gasteiger partial charge >= 0.3 is 0 Å². The summed E-state index contributed by atoms with van der Waals surface area (Å²) in [6, 6.07) is 20.9. The summed E-state index contributed by atoms with van der Waals surface area (Å²) in [6.07, 6.45) is 1.21. The first-order valence-electron chi connectivity index (χ1n) is 11.8. The number of aryl methyl sites for hydroxylation is 2. The van der Waals surface area contributed by atoms with E-state index < -0.39 is 10.0 Å². The van der Waals surface area contributed by atoms with E-state index in [0.29, 0.717) is 11.3 Å². The van der Waals surface area contributed by atoms with Crippen LogP contribution in [-0.2, 0) is 22.0 Å². The highest BCUT2D eigenvalue weighted by Crippen LogP contribution is 2.25. The van der Waals surface area contributed by atoms with E-state index in [1.165, 1.54) is 16.1 Å². The Bertz CT molecular complexity index is 1290. The molecule has 0 aliphatic carbocycles. The van der Waals surface area contributed by atoms with Gasteiger partial charge in [-0.3, -0.25) is 9.10 Å². The molecule has 3 aromatic carbocycles. The smallest absolute Gasteiger partial charge is 0.251 e. The molecule has 0 bridgehead atoms. The van der Waals surface area contributed by atoms with Crippen molar-refractivity contribution < 1.29 is 13.2 Å². The Morgan fingerprint density at radius 1 is 0.914 bits per heavy atom. The quantitative estimate of drug-likeness (QED) is 0.436. The van der Waals surface area contributed by atoms with E-state index >= 15 is 0 Å². The summed E-state index contributed by atoms with van der Waals surface area (Å²) in [5, 5.41) is 3.05. The Balaban J connectivity index is 1.71. The number of hydrogen-bond acceptors (Lipinski definition) is 3. The van der Waals surface area contributed by atoms with Crippen molar-refractivity contribution in [1.29, 1.82) is 0 Å². The molecule has 0 saturated heterocycles. The second-order valence-corrected chi connectivity index (χ2v) is 12.2. The zero-order chi connectivity index (χ0) is 26.0. The van der Waals surface area contributed by atoms with Gasteiger partial charge in [0.05, 0.1) is 24.5 Å². The van der Waals surface area contributed by atoms with Crippen LogP contribution in [0, 0.1) is 13.8 Å². The van der Waals surface area contributed by atoms with Crippen LogP contribution in [0.4, 0.5) is 5.69 Å². The van der Waals surface area contributed by atoms with Crippen LogP contribution in [0.15, 0.2) is 66.7 Å². The van der Waals surface area contributed by atoms with Crippen molar-refractivity contribution in [1.82, 2.24) is 5.32 Å². The van der Waals surface area contributed by atoms with Crippen LogP contribution < -0.4 is 9.62 Å². The minimum atomic E-state index is -3.48. The predicted octanol–water partition coefficient (Wildman–Crippen LogP) is 6.06. The Morgan fingerprint density at radius 2 is 1.51 bits per heavy atom. The van der Waals surface area contributed by atoms with Gasteiger partial charge in [-0.1, -0.05) is 63.2 Å². The number of sulfonamides is 1. The fourth-order valence-electron chi connectivity index (χ4n) is 3.84. The minimum absolute atomic E-state index is 0.0811. The second-order valence-electron chi connectivity index (χ2n) is 10.3. The first-order chi connectivity index (χ1) is 16.3. The molecule has 3 rings (SSSR count). The van der Waals surface area contributed by atoms with Crippen LogP contribution in [0.25, 0.3) is 0 Å². The van der Waals surface area contributed by atoms with Crippen LogP contribution in [0.3, 0.4) is 0 Å². The molecule has 5 nitrogen and oxygen atoms in total. The lowest BCUT2D eigenvalue weighted by atomic mass is 9.86. The van der Waals surface area contributed by atoms with E-state index in [1.807, 2.05) is 39.0 Å². The number of carbonyl (C=O) groups is 1. The third-order valence-electron chi connectivity index (χ3n) is 6.35. The van der Waals surface area contributed by atoms with Crippen LogP contribution >= 0.6 is 0 Å². The van der Waals surface area contributed by atoms with Gasteiger partial charge in [0.1, 0.15) is 0 Å². The topological polar surface area (TPSA) is 66.5 Å². The highest BCUT2D eigenvalue weighted by molar-refractivity contribution is 7.92. The first kappa shape index (κ1) is 26.5. The molecule has 1 amide bonds. The van der Waals surface area contributed by atoms with Crippen molar-refractivity contribution in [2.45, 2.75) is 59.5 Å². The van der Waals surface area contributed by atoms with E-state index in [4.69, 9.17) is 0 Å². The summed E-state index contributed by atoms with van der Waals surface area (Å²) in [5.41, 5.74) is 6.48. The maximum Gasteiger partial charge on any atom is 0.251 e. The van der Waals surface area contributed by atoms with E-state index in [-0.39, 0.29) is 23.9 Å². The summed E-state index contributed by atoms with van der Waals surface area (Å²) < 4.78 is 26.4. The molecule has 6 heteroatoms. The van der Waals surface area contributed by atoms with Crippen LogP contribution in [0.5, 0.6) is 0 Å². The number of rotatable bonds is 7. The van der Waals surface area contributed by atoms with E-state index in [1.54, 1.807) is 24.3 Å². The molecule has 0 heterocycles. The van der Waals surface area contributed by atoms with E-state index in [0.717, 1.165) is 22.3 Å². The molecule has 3 aromatic rings. The molecule has 0 radical (unpaired) electrons. The van der Waals surface area contributed by atoms with E-state index in [2.05, 4.69) is 50.4 Å². The summed E-state index contributed by atoms with van der Waals surface area (Å²) >= 11 is 0. The van der Waals surface area contributed by atoms with Crippen molar-refractivity contribution in [3.63, 3.8) is 0 Å². The number of hydrogen-bond donors (Lipinski definition) is 1. The molecule has 1 unspecified atom stereocenters. The monoisotopic (exact) mass is 492 g/mol. The molecule has 0 aromatic heterocycles. The Hall–Kier alpha value is -3.12. The number of nitrogens with zero attached hydrogens (tertiary/aromatic N) is 1. The van der Waals surface area contributed by atoms with Gasteiger partial charge in [-0.2, -0.15) is 0 Å². The Morgan fingerprint density at radius 3 is 2.03 bits per heavy atom. The molecule has 0 fully saturated rings. The molecule has 35 heavy (non-hydrogen) atoms. The molecular formula is C29H36N2O3S.